The van der Waals surface area contributed by atoms with E-state index in [-0.39, 0.29) is 11.1 Å². The van der Waals surface area contributed by atoms with Crippen LogP contribution in [0.2, 0.25) is 18.1 Å². The Labute approximate surface area is 91.5 Å². The molecule has 1 atom stereocenters. The molecule has 2 nitrogen and oxygen atoms in total. The minimum Gasteiger partial charge on any atom is -0.415 e. The Morgan fingerprint density at radius 2 is 1.85 bits per heavy atom. The van der Waals surface area contributed by atoms with E-state index in [4.69, 9.17) is 10.2 Å². The number of halogens is 1. The van der Waals surface area contributed by atoms with Crippen molar-refractivity contribution in [2.45, 2.75) is 44.9 Å². The molecule has 0 unspecified atom stereocenters. The van der Waals surface area contributed by atoms with Crippen LogP contribution < -0.4 is 5.73 Å². The maximum Gasteiger partial charge on any atom is 0.192 e. The molecular weight excluding hydrogens is 246 g/mol. The maximum atomic E-state index is 5.93. The van der Waals surface area contributed by atoms with Crippen LogP contribution in [-0.4, -0.2) is 26.3 Å². The van der Waals surface area contributed by atoms with E-state index in [2.05, 4.69) is 49.8 Å². The van der Waals surface area contributed by atoms with E-state index in [1.807, 2.05) is 0 Å². The van der Waals surface area contributed by atoms with Gasteiger partial charge in [0.15, 0.2) is 8.32 Å². The zero-order valence-electron chi connectivity index (χ0n) is 9.36. The largest absolute Gasteiger partial charge is 0.415 e. The number of nitrogens with two attached hydrogens (primary N) is 1. The van der Waals surface area contributed by atoms with E-state index in [9.17, 15) is 0 Å². The molecule has 0 fully saturated rings. The van der Waals surface area contributed by atoms with Gasteiger partial charge in [0, 0.05) is 18.0 Å². The zero-order valence-corrected chi connectivity index (χ0v) is 11.9. The predicted octanol–water partition coefficient (Wildman–Crippen LogP) is 2.73. The molecule has 0 aliphatic heterocycles. The average molecular weight is 268 g/mol. The van der Waals surface area contributed by atoms with Crippen LogP contribution in [0.25, 0.3) is 0 Å². The standard InChI is InChI=1S/C9H22BrNOSi/c1-9(2,3)13(4,5)12-7-8(11)6-10/h8H,6-7,11H2,1-5H3/t8-/m1/s1. The first-order valence-corrected chi connectivity index (χ1v) is 8.69. The SMILES string of the molecule is CC(C)(C)[Si](C)(C)OC[C@H](N)CBr. The highest BCUT2D eigenvalue weighted by Crippen LogP contribution is 2.36. The lowest BCUT2D eigenvalue weighted by Crippen LogP contribution is -2.44. The van der Waals surface area contributed by atoms with Crippen LogP contribution in [0.5, 0.6) is 0 Å². The Balaban J connectivity index is 4.04. The van der Waals surface area contributed by atoms with Gasteiger partial charge < -0.3 is 10.2 Å². The second-order valence-electron chi connectivity index (χ2n) is 4.99. The van der Waals surface area contributed by atoms with E-state index in [0.717, 1.165) is 5.33 Å². The molecule has 0 aromatic rings. The van der Waals surface area contributed by atoms with Gasteiger partial charge in [-0.1, -0.05) is 36.7 Å². The quantitative estimate of drug-likeness (QED) is 0.628. The first-order valence-electron chi connectivity index (χ1n) is 4.66. The van der Waals surface area contributed by atoms with Gasteiger partial charge in [0.1, 0.15) is 0 Å². The molecule has 0 aromatic heterocycles. The van der Waals surface area contributed by atoms with Gasteiger partial charge in [-0.25, -0.2) is 0 Å². The van der Waals surface area contributed by atoms with Gasteiger partial charge in [-0.3, -0.25) is 0 Å². The highest BCUT2D eigenvalue weighted by molar-refractivity contribution is 9.09. The molecule has 0 saturated carbocycles. The second kappa shape index (κ2) is 4.91. The van der Waals surface area contributed by atoms with Gasteiger partial charge in [-0.2, -0.15) is 0 Å². The summed E-state index contributed by atoms with van der Waals surface area (Å²) in [5.74, 6) is 0. The van der Waals surface area contributed by atoms with Crippen LogP contribution >= 0.6 is 15.9 Å². The molecular formula is C9H22BrNOSi. The monoisotopic (exact) mass is 267 g/mol. The molecule has 0 aromatic carbocycles. The molecule has 0 radical (unpaired) electrons. The number of alkyl halides is 1. The summed E-state index contributed by atoms with van der Waals surface area (Å²) in [6.45, 7) is 11.9. The van der Waals surface area contributed by atoms with Crippen molar-refractivity contribution in [1.29, 1.82) is 0 Å². The van der Waals surface area contributed by atoms with Crippen molar-refractivity contribution in [3.8, 4) is 0 Å². The van der Waals surface area contributed by atoms with Gasteiger partial charge >= 0.3 is 0 Å². The predicted molar refractivity (Wildman–Crippen MR) is 64.9 cm³/mol. The highest BCUT2D eigenvalue weighted by Gasteiger charge is 2.37. The number of hydrogen-bond donors (Lipinski definition) is 1. The van der Waals surface area contributed by atoms with Crippen LogP contribution in [0.3, 0.4) is 0 Å². The topological polar surface area (TPSA) is 35.2 Å². The first kappa shape index (κ1) is 13.6. The molecule has 0 aliphatic carbocycles. The van der Waals surface area contributed by atoms with Crippen molar-refractivity contribution in [3.05, 3.63) is 0 Å². The summed E-state index contributed by atoms with van der Waals surface area (Å²) in [7, 11) is -1.58. The molecule has 0 spiro atoms. The fraction of sp³-hybridized carbons (Fsp3) is 1.00. The van der Waals surface area contributed by atoms with Crippen molar-refractivity contribution >= 4 is 24.2 Å². The smallest absolute Gasteiger partial charge is 0.192 e. The van der Waals surface area contributed by atoms with Gasteiger partial charge in [-0.05, 0) is 18.1 Å². The normalized spacial score (nSPS) is 15.9. The molecule has 0 rings (SSSR count). The lowest BCUT2D eigenvalue weighted by atomic mass is 10.2. The molecule has 0 amide bonds. The highest BCUT2D eigenvalue weighted by atomic mass is 79.9. The molecule has 0 saturated heterocycles. The van der Waals surface area contributed by atoms with Gasteiger partial charge in [0.25, 0.3) is 0 Å². The Hall–Kier alpha value is 0.617. The van der Waals surface area contributed by atoms with E-state index < -0.39 is 8.32 Å². The van der Waals surface area contributed by atoms with Crippen LogP contribution in [-0.2, 0) is 4.43 Å². The lowest BCUT2D eigenvalue weighted by Gasteiger charge is -2.36. The summed E-state index contributed by atoms with van der Waals surface area (Å²) in [5.41, 5.74) is 5.77. The number of hydrogen-bond acceptors (Lipinski definition) is 2. The van der Waals surface area contributed by atoms with Crippen LogP contribution in [0, 0.1) is 0 Å². The molecule has 4 heteroatoms. The van der Waals surface area contributed by atoms with Gasteiger partial charge in [0.05, 0.1) is 0 Å². The molecule has 13 heavy (non-hydrogen) atoms. The summed E-state index contributed by atoms with van der Waals surface area (Å²) in [5, 5.41) is 1.08. The van der Waals surface area contributed by atoms with Gasteiger partial charge in [0.2, 0.25) is 0 Å². The van der Waals surface area contributed by atoms with Gasteiger partial charge in [-0.15, -0.1) is 0 Å². The van der Waals surface area contributed by atoms with Crippen LogP contribution in [0.4, 0.5) is 0 Å². The third kappa shape index (κ3) is 4.58. The Morgan fingerprint density at radius 3 is 2.15 bits per heavy atom. The minimum atomic E-state index is -1.58. The zero-order chi connectivity index (χ0) is 10.7. The fourth-order valence-electron chi connectivity index (χ4n) is 0.576. The molecule has 2 N–H and O–H groups in total. The number of rotatable bonds is 4. The molecule has 0 bridgehead atoms. The van der Waals surface area contributed by atoms with Crippen molar-refractivity contribution < 1.29 is 4.43 Å². The van der Waals surface area contributed by atoms with E-state index in [1.54, 1.807) is 0 Å². The van der Waals surface area contributed by atoms with Crippen molar-refractivity contribution in [1.82, 2.24) is 0 Å². The van der Waals surface area contributed by atoms with E-state index >= 15 is 0 Å². The maximum absolute atomic E-state index is 5.93. The van der Waals surface area contributed by atoms with Crippen molar-refractivity contribution in [3.63, 3.8) is 0 Å². The lowest BCUT2D eigenvalue weighted by molar-refractivity contribution is 0.271. The van der Waals surface area contributed by atoms with E-state index in [1.165, 1.54) is 0 Å². The summed E-state index contributed by atoms with van der Waals surface area (Å²) in [6.07, 6.45) is 0. The fourth-order valence-corrected chi connectivity index (χ4v) is 1.83. The average Bonchev–Trinajstić information content (AvgIpc) is 1.98. The first-order chi connectivity index (χ1) is 5.70. The second-order valence-corrected chi connectivity index (χ2v) is 10.4. The third-order valence-corrected chi connectivity index (χ3v) is 8.00. The molecule has 0 aliphatic rings. The summed E-state index contributed by atoms with van der Waals surface area (Å²) < 4.78 is 5.93. The Kier molecular flexibility index (Phi) is 5.15. The van der Waals surface area contributed by atoms with Crippen molar-refractivity contribution in [2.24, 2.45) is 5.73 Å². The summed E-state index contributed by atoms with van der Waals surface area (Å²) in [4.78, 5) is 0. The van der Waals surface area contributed by atoms with Crippen molar-refractivity contribution in [2.75, 3.05) is 11.9 Å². The van der Waals surface area contributed by atoms with Crippen LogP contribution in [0.1, 0.15) is 20.8 Å². The summed E-state index contributed by atoms with van der Waals surface area (Å²) in [6, 6.07) is 0.120. The minimum absolute atomic E-state index is 0.120. The summed E-state index contributed by atoms with van der Waals surface area (Å²) >= 11 is 3.34. The van der Waals surface area contributed by atoms with E-state index in [0.29, 0.717) is 6.61 Å². The van der Waals surface area contributed by atoms with Crippen LogP contribution in [0.15, 0.2) is 0 Å². The Morgan fingerprint density at radius 1 is 1.38 bits per heavy atom. The Bertz CT molecular complexity index is 156. The third-order valence-electron chi connectivity index (χ3n) is 2.66. The molecule has 80 valence electrons. The molecule has 0 heterocycles.